The van der Waals surface area contributed by atoms with Crippen LogP contribution in [-0.4, -0.2) is 5.91 Å². The molecule has 4 heteroatoms. The van der Waals surface area contributed by atoms with E-state index in [9.17, 15) is 4.79 Å². The lowest BCUT2D eigenvalue weighted by Crippen LogP contribution is -2.13. The molecule has 0 aliphatic heterocycles. The van der Waals surface area contributed by atoms with Gasteiger partial charge in [0.05, 0.1) is 10.8 Å². The molecule has 2 rings (SSSR count). The highest BCUT2D eigenvalue weighted by molar-refractivity contribution is 7.16. The predicted molar refractivity (Wildman–Crippen MR) is 68.1 cm³/mol. The molecule has 0 unspecified atom stereocenters. The van der Waals surface area contributed by atoms with E-state index in [0.717, 1.165) is 10.6 Å². The molecule has 0 fully saturated rings. The summed E-state index contributed by atoms with van der Waals surface area (Å²) in [6, 6.07) is 13.1. The number of para-hydroxylation sites is 1. The first-order valence-electron chi connectivity index (χ1n) is 4.83. The van der Waals surface area contributed by atoms with Crippen molar-refractivity contribution < 1.29 is 4.79 Å². The van der Waals surface area contributed by atoms with Crippen molar-refractivity contribution in [2.45, 2.75) is 6.42 Å². The van der Waals surface area contributed by atoms with Crippen LogP contribution < -0.4 is 5.32 Å². The van der Waals surface area contributed by atoms with Crippen molar-refractivity contribution in [2.75, 3.05) is 5.32 Å². The first-order valence-corrected chi connectivity index (χ1v) is 6.02. The summed E-state index contributed by atoms with van der Waals surface area (Å²) in [5.74, 6) is -0.0234. The van der Waals surface area contributed by atoms with Crippen LogP contribution in [0.4, 0.5) is 5.69 Å². The van der Waals surface area contributed by atoms with Crippen LogP contribution in [0.2, 0.25) is 4.34 Å². The van der Waals surface area contributed by atoms with Gasteiger partial charge >= 0.3 is 0 Å². The Bertz CT molecular complexity index is 481. The second-order valence-electron chi connectivity index (χ2n) is 3.30. The average molecular weight is 252 g/mol. The molecule has 1 N–H and O–H groups in total. The van der Waals surface area contributed by atoms with Crippen molar-refractivity contribution in [2.24, 2.45) is 0 Å². The third kappa shape index (κ3) is 3.08. The Morgan fingerprint density at radius 2 is 1.94 bits per heavy atom. The predicted octanol–water partition coefficient (Wildman–Crippen LogP) is 3.58. The molecule has 82 valence electrons. The normalized spacial score (nSPS) is 10.1. The van der Waals surface area contributed by atoms with Crippen molar-refractivity contribution in [3.8, 4) is 0 Å². The zero-order valence-corrected chi connectivity index (χ0v) is 10.0. The van der Waals surface area contributed by atoms with Gasteiger partial charge in [-0.2, -0.15) is 0 Å². The molecule has 1 amide bonds. The van der Waals surface area contributed by atoms with Gasteiger partial charge in [-0.3, -0.25) is 4.79 Å². The molecule has 1 heterocycles. The van der Waals surface area contributed by atoms with Crippen LogP contribution in [0.1, 0.15) is 4.88 Å². The first kappa shape index (κ1) is 11.2. The van der Waals surface area contributed by atoms with Crippen molar-refractivity contribution in [1.29, 1.82) is 0 Å². The van der Waals surface area contributed by atoms with Gasteiger partial charge in [0.15, 0.2) is 0 Å². The topological polar surface area (TPSA) is 29.1 Å². The number of benzene rings is 1. The Labute approximate surface area is 103 Å². The number of hydrogen-bond donors (Lipinski definition) is 1. The Kier molecular flexibility index (Phi) is 3.59. The van der Waals surface area contributed by atoms with Gasteiger partial charge in [-0.15, -0.1) is 11.3 Å². The fraction of sp³-hybridized carbons (Fsp3) is 0.0833. The smallest absolute Gasteiger partial charge is 0.229 e. The first-order chi connectivity index (χ1) is 7.74. The molecule has 2 nitrogen and oxygen atoms in total. The average Bonchev–Trinajstić information content (AvgIpc) is 2.65. The second-order valence-corrected chi connectivity index (χ2v) is 5.10. The van der Waals surface area contributed by atoms with E-state index in [1.807, 2.05) is 36.4 Å². The van der Waals surface area contributed by atoms with Gasteiger partial charge < -0.3 is 5.32 Å². The number of anilines is 1. The number of carbonyl (C=O) groups excluding carboxylic acids is 1. The Morgan fingerprint density at radius 3 is 2.56 bits per heavy atom. The summed E-state index contributed by atoms with van der Waals surface area (Å²) < 4.78 is 0.711. The largest absolute Gasteiger partial charge is 0.326 e. The number of carbonyl (C=O) groups is 1. The molecule has 0 spiro atoms. The summed E-state index contributed by atoms with van der Waals surface area (Å²) in [5, 5.41) is 2.82. The molecule has 0 saturated heterocycles. The summed E-state index contributed by atoms with van der Waals surface area (Å²) in [4.78, 5) is 12.6. The van der Waals surface area contributed by atoms with Crippen LogP contribution in [0.3, 0.4) is 0 Å². The maximum Gasteiger partial charge on any atom is 0.229 e. The lowest BCUT2D eigenvalue weighted by atomic mass is 10.3. The maximum absolute atomic E-state index is 11.6. The summed E-state index contributed by atoms with van der Waals surface area (Å²) in [7, 11) is 0. The van der Waals surface area contributed by atoms with Crippen LogP contribution in [-0.2, 0) is 11.2 Å². The SMILES string of the molecule is O=C(Cc1ccc(Cl)s1)Nc1ccccc1. The van der Waals surface area contributed by atoms with E-state index in [1.165, 1.54) is 11.3 Å². The van der Waals surface area contributed by atoms with Gasteiger partial charge in [-0.05, 0) is 24.3 Å². The van der Waals surface area contributed by atoms with Crippen molar-refractivity contribution in [3.63, 3.8) is 0 Å². The molecule has 1 aromatic carbocycles. The monoisotopic (exact) mass is 251 g/mol. The van der Waals surface area contributed by atoms with Gasteiger partial charge in [0.2, 0.25) is 5.91 Å². The second kappa shape index (κ2) is 5.14. The van der Waals surface area contributed by atoms with Crippen LogP contribution in [0, 0.1) is 0 Å². The lowest BCUT2D eigenvalue weighted by molar-refractivity contribution is -0.115. The highest BCUT2D eigenvalue weighted by atomic mass is 35.5. The zero-order chi connectivity index (χ0) is 11.4. The lowest BCUT2D eigenvalue weighted by Gasteiger charge is -2.03. The Balaban J connectivity index is 1.95. The van der Waals surface area contributed by atoms with Gasteiger partial charge in [0.1, 0.15) is 0 Å². The molecule has 0 atom stereocenters. The summed E-state index contributed by atoms with van der Waals surface area (Å²) in [5.41, 5.74) is 0.815. The van der Waals surface area contributed by atoms with E-state index in [0.29, 0.717) is 10.8 Å². The minimum atomic E-state index is -0.0234. The molecular weight excluding hydrogens is 242 g/mol. The van der Waals surface area contributed by atoms with Gasteiger partial charge in [0, 0.05) is 10.6 Å². The summed E-state index contributed by atoms with van der Waals surface area (Å²) in [6.07, 6.45) is 0.367. The number of rotatable bonds is 3. The summed E-state index contributed by atoms with van der Waals surface area (Å²) >= 11 is 7.22. The minimum absolute atomic E-state index is 0.0234. The number of nitrogens with one attached hydrogen (secondary N) is 1. The van der Waals surface area contributed by atoms with Crippen molar-refractivity contribution in [3.05, 3.63) is 51.7 Å². The van der Waals surface area contributed by atoms with E-state index in [-0.39, 0.29) is 5.91 Å². The van der Waals surface area contributed by atoms with Gasteiger partial charge in [-0.1, -0.05) is 29.8 Å². The van der Waals surface area contributed by atoms with Crippen molar-refractivity contribution >= 4 is 34.5 Å². The quantitative estimate of drug-likeness (QED) is 0.888. The number of halogens is 1. The molecule has 1 aromatic heterocycles. The molecule has 0 saturated carbocycles. The molecule has 0 aliphatic rings. The number of thiophene rings is 1. The zero-order valence-electron chi connectivity index (χ0n) is 8.44. The number of amides is 1. The third-order valence-electron chi connectivity index (χ3n) is 2.02. The van der Waals surface area contributed by atoms with E-state index >= 15 is 0 Å². The molecule has 0 bridgehead atoms. The van der Waals surface area contributed by atoms with Crippen LogP contribution in [0.25, 0.3) is 0 Å². The fourth-order valence-electron chi connectivity index (χ4n) is 1.33. The van der Waals surface area contributed by atoms with E-state index in [2.05, 4.69) is 5.32 Å². The molecule has 16 heavy (non-hydrogen) atoms. The maximum atomic E-state index is 11.6. The fourth-order valence-corrected chi connectivity index (χ4v) is 2.42. The summed E-state index contributed by atoms with van der Waals surface area (Å²) in [6.45, 7) is 0. The minimum Gasteiger partial charge on any atom is -0.326 e. The highest BCUT2D eigenvalue weighted by Crippen LogP contribution is 2.22. The van der Waals surface area contributed by atoms with Crippen LogP contribution in [0.5, 0.6) is 0 Å². The van der Waals surface area contributed by atoms with Crippen molar-refractivity contribution in [1.82, 2.24) is 0 Å². The van der Waals surface area contributed by atoms with E-state index < -0.39 is 0 Å². The Hall–Kier alpha value is -1.32. The standard InChI is InChI=1S/C12H10ClNOS/c13-11-7-6-10(16-11)8-12(15)14-9-4-2-1-3-5-9/h1-7H,8H2,(H,14,15). The van der Waals surface area contributed by atoms with E-state index in [4.69, 9.17) is 11.6 Å². The van der Waals surface area contributed by atoms with Gasteiger partial charge in [0.25, 0.3) is 0 Å². The van der Waals surface area contributed by atoms with E-state index in [1.54, 1.807) is 6.07 Å². The molecular formula is C12H10ClNOS. The molecule has 0 aliphatic carbocycles. The highest BCUT2D eigenvalue weighted by Gasteiger charge is 2.05. The van der Waals surface area contributed by atoms with Crippen LogP contribution in [0.15, 0.2) is 42.5 Å². The number of hydrogen-bond acceptors (Lipinski definition) is 2. The molecule has 2 aromatic rings. The Morgan fingerprint density at radius 1 is 1.19 bits per heavy atom. The third-order valence-corrected chi connectivity index (χ3v) is 3.25. The van der Waals surface area contributed by atoms with Crippen LogP contribution >= 0.6 is 22.9 Å². The van der Waals surface area contributed by atoms with Gasteiger partial charge in [-0.25, -0.2) is 0 Å². The molecule has 0 radical (unpaired) electrons.